The third-order valence-corrected chi connectivity index (χ3v) is 6.68. The Morgan fingerprint density at radius 3 is 2.78 bits per heavy atom. The zero-order chi connectivity index (χ0) is 22.2. The summed E-state index contributed by atoms with van der Waals surface area (Å²) in [5, 5.41) is 11.8. The Hall–Kier alpha value is -3.43. The van der Waals surface area contributed by atoms with Crippen LogP contribution in [-0.2, 0) is 34.8 Å². The van der Waals surface area contributed by atoms with Gasteiger partial charge in [-0.15, -0.1) is 0 Å². The Morgan fingerprint density at radius 1 is 1.19 bits per heavy atom. The van der Waals surface area contributed by atoms with E-state index in [0.29, 0.717) is 52.7 Å². The second-order valence-electron chi connectivity index (χ2n) is 8.21. The van der Waals surface area contributed by atoms with Gasteiger partial charge in [0.05, 0.1) is 34.4 Å². The van der Waals surface area contributed by atoms with Crippen molar-refractivity contribution in [3.8, 4) is 22.9 Å². The monoisotopic (exact) mass is 435 g/mol. The number of nitrogens with zero attached hydrogens (tertiary/aromatic N) is 2. The number of esters is 1. The lowest BCUT2D eigenvalue weighted by Gasteiger charge is -2.31. The SMILES string of the molecule is CC[C@@]1(O)C(=O)OCc2c1cc1n(c2=O)Cc2c-1nc1ccc3c(c1c2CN)OCCO3. The summed E-state index contributed by atoms with van der Waals surface area (Å²) in [5.41, 5.74) is 8.12. The number of hydrogen-bond donors (Lipinski definition) is 2. The van der Waals surface area contributed by atoms with Gasteiger partial charge in [0, 0.05) is 17.7 Å². The molecular formula is C23H21N3O6. The molecule has 0 bridgehead atoms. The van der Waals surface area contributed by atoms with Crippen LogP contribution >= 0.6 is 0 Å². The Kier molecular flexibility index (Phi) is 3.94. The number of ether oxygens (including phenoxy) is 3. The summed E-state index contributed by atoms with van der Waals surface area (Å²) in [5.74, 6) is 0.520. The minimum Gasteiger partial charge on any atom is -0.486 e. The minimum absolute atomic E-state index is 0.0945. The molecule has 3 aliphatic heterocycles. The van der Waals surface area contributed by atoms with Crippen LogP contribution in [-0.4, -0.2) is 33.8 Å². The molecule has 3 aromatic rings. The fraction of sp³-hybridized carbons (Fsp3) is 0.348. The minimum atomic E-state index is -1.86. The van der Waals surface area contributed by atoms with Crippen molar-refractivity contribution >= 4 is 16.9 Å². The number of fused-ring (bicyclic) bond motifs is 7. The Morgan fingerprint density at radius 2 is 2.00 bits per heavy atom. The molecule has 0 saturated carbocycles. The van der Waals surface area contributed by atoms with Crippen LogP contribution in [0.5, 0.6) is 11.5 Å². The highest BCUT2D eigenvalue weighted by atomic mass is 16.6. The van der Waals surface area contributed by atoms with E-state index in [2.05, 4.69) is 0 Å². The van der Waals surface area contributed by atoms with Crippen LogP contribution in [0.4, 0.5) is 0 Å². The zero-order valence-corrected chi connectivity index (χ0v) is 17.4. The van der Waals surface area contributed by atoms with Crippen LogP contribution in [0.2, 0.25) is 0 Å². The molecule has 6 rings (SSSR count). The number of pyridine rings is 2. The molecule has 0 spiro atoms. The van der Waals surface area contributed by atoms with Gasteiger partial charge in [-0.3, -0.25) is 4.79 Å². The summed E-state index contributed by atoms with van der Waals surface area (Å²) in [6.45, 7) is 2.94. The summed E-state index contributed by atoms with van der Waals surface area (Å²) >= 11 is 0. The van der Waals surface area contributed by atoms with Crippen molar-refractivity contribution in [1.29, 1.82) is 0 Å². The summed E-state index contributed by atoms with van der Waals surface area (Å²) in [4.78, 5) is 30.6. The second kappa shape index (κ2) is 6.54. The average Bonchev–Trinajstić information content (AvgIpc) is 3.19. The van der Waals surface area contributed by atoms with Crippen LogP contribution in [0.1, 0.15) is 35.6 Å². The first-order valence-electron chi connectivity index (χ1n) is 10.6. The number of benzene rings is 1. The van der Waals surface area contributed by atoms with Crippen molar-refractivity contribution in [3.63, 3.8) is 0 Å². The molecule has 9 heteroatoms. The Balaban J connectivity index is 1.65. The molecule has 0 aliphatic carbocycles. The summed E-state index contributed by atoms with van der Waals surface area (Å²) in [7, 11) is 0. The molecule has 3 N–H and O–H groups in total. The largest absolute Gasteiger partial charge is 0.486 e. The number of carbonyl (C=O) groups excluding carboxylic acids is 1. The van der Waals surface area contributed by atoms with E-state index in [1.807, 2.05) is 12.1 Å². The number of rotatable bonds is 2. The van der Waals surface area contributed by atoms with Crippen LogP contribution in [0, 0.1) is 0 Å². The van der Waals surface area contributed by atoms with E-state index in [4.69, 9.17) is 24.9 Å². The molecule has 0 amide bonds. The molecule has 2 aromatic heterocycles. The fourth-order valence-electron chi connectivity index (χ4n) is 4.99. The molecule has 0 saturated heterocycles. The molecule has 0 unspecified atom stereocenters. The van der Waals surface area contributed by atoms with Gasteiger partial charge in [-0.25, -0.2) is 9.78 Å². The first kappa shape index (κ1) is 19.3. The molecule has 1 aromatic carbocycles. The third kappa shape index (κ3) is 2.32. The van der Waals surface area contributed by atoms with Gasteiger partial charge < -0.3 is 29.6 Å². The average molecular weight is 435 g/mol. The number of cyclic esters (lactones) is 1. The van der Waals surface area contributed by atoms with Gasteiger partial charge in [0.25, 0.3) is 5.56 Å². The van der Waals surface area contributed by atoms with Gasteiger partial charge >= 0.3 is 5.97 Å². The third-order valence-electron chi connectivity index (χ3n) is 6.68. The Labute approximate surface area is 182 Å². The molecule has 9 nitrogen and oxygen atoms in total. The normalized spacial score (nSPS) is 20.5. The van der Waals surface area contributed by atoms with Gasteiger partial charge in [0.1, 0.15) is 19.8 Å². The highest BCUT2D eigenvalue weighted by Gasteiger charge is 2.45. The summed E-state index contributed by atoms with van der Waals surface area (Å²) in [6, 6.07) is 5.36. The summed E-state index contributed by atoms with van der Waals surface area (Å²) < 4.78 is 18.4. The van der Waals surface area contributed by atoms with Crippen molar-refractivity contribution in [2.24, 2.45) is 5.73 Å². The van der Waals surface area contributed by atoms with Gasteiger partial charge in [-0.1, -0.05) is 6.92 Å². The number of aliphatic hydroxyl groups is 1. The van der Waals surface area contributed by atoms with Crippen molar-refractivity contribution < 1.29 is 24.1 Å². The molecule has 5 heterocycles. The van der Waals surface area contributed by atoms with E-state index >= 15 is 0 Å². The van der Waals surface area contributed by atoms with E-state index in [1.54, 1.807) is 17.6 Å². The first-order chi connectivity index (χ1) is 15.5. The maximum Gasteiger partial charge on any atom is 0.343 e. The highest BCUT2D eigenvalue weighted by molar-refractivity contribution is 5.95. The maximum absolute atomic E-state index is 13.4. The van der Waals surface area contributed by atoms with E-state index in [1.165, 1.54) is 0 Å². The van der Waals surface area contributed by atoms with Gasteiger partial charge in [-0.05, 0) is 30.2 Å². The van der Waals surface area contributed by atoms with Crippen LogP contribution < -0.4 is 20.8 Å². The number of carbonyl (C=O) groups is 1. The molecule has 32 heavy (non-hydrogen) atoms. The zero-order valence-electron chi connectivity index (χ0n) is 17.4. The standard InChI is InChI=1S/C23H21N3O6/c1-2-23(29)14-7-16-19-12(9-26(16)21(27)13(14)10-32-22(23)28)11(8-24)18-15(25-19)3-4-17-20(18)31-6-5-30-17/h3-4,7,29H,2,5-6,8-10,24H2,1H3/t23-/m0/s1. The van der Waals surface area contributed by atoms with Crippen LogP contribution in [0.25, 0.3) is 22.3 Å². The lowest BCUT2D eigenvalue weighted by molar-refractivity contribution is -0.172. The van der Waals surface area contributed by atoms with Crippen LogP contribution in [0.15, 0.2) is 23.0 Å². The second-order valence-corrected chi connectivity index (χ2v) is 8.21. The molecule has 1 atom stereocenters. The number of aromatic nitrogens is 2. The van der Waals surface area contributed by atoms with Crippen LogP contribution in [0.3, 0.4) is 0 Å². The highest BCUT2D eigenvalue weighted by Crippen LogP contribution is 2.44. The first-order valence-corrected chi connectivity index (χ1v) is 10.6. The van der Waals surface area contributed by atoms with Gasteiger partial charge in [0.15, 0.2) is 17.1 Å². The van der Waals surface area contributed by atoms with Gasteiger partial charge in [0.2, 0.25) is 0 Å². The van der Waals surface area contributed by atoms with Crippen molar-refractivity contribution in [3.05, 3.63) is 50.8 Å². The molecule has 0 fully saturated rings. The van der Waals surface area contributed by atoms with E-state index in [0.717, 1.165) is 16.5 Å². The molecule has 164 valence electrons. The molecule has 0 radical (unpaired) electrons. The Bertz CT molecular complexity index is 1400. The van der Waals surface area contributed by atoms with E-state index in [-0.39, 0.29) is 31.7 Å². The number of hydrogen-bond acceptors (Lipinski definition) is 8. The number of nitrogens with two attached hydrogens (primary N) is 1. The molecular weight excluding hydrogens is 414 g/mol. The predicted molar refractivity (Wildman–Crippen MR) is 113 cm³/mol. The smallest absolute Gasteiger partial charge is 0.343 e. The topological polar surface area (TPSA) is 126 Å². The maximum atomic E-state index is 13.4. The lowest BCUT2D eigenvalue weighted by atomic mass is 9.86. The quantitative estimate of drug-likeness (QED) is 0.452. The van der Waals surface area contributed by atoms with Gasteiger partial charge in [-0.2, -0.15) is 0 Å². The summed E-state index contributed by atoms with van der Waals surface area (Å²) in [6.07, 6.45) is 0.0945. The van der Waals surface area contributed by atoms with E-state index in [9.17, 15) is 14.7 Å². The lowest BCUT2D eigenvalue weighted by Crippen LogP contribution is -2.44. The van der Waals surface area contributed by atoms with E-state index < -0.39 is 11.6 Å². The fourth-order valence-corrected chi connectivity index (χ4v) is 4.99. The van der Waals surface area contributed by atoms with Crippen molar-refractivity contribution in [1.82, 2.24) is 9.55 Å². The predicted octanol–water partition coefficient (Wildman–Crippen LogP) is 1.31. The molecule has 3 aliphatic rings. The van der Waals surface area contributed by atoms with Crippen molar-refractivity contribution in [2.75, 3.05) is 13.2 Å². The van der Waals surface area contributed by atoms with Crippen molar-refractivity contribution in [2.45, 2.75) is 38.6 Å².